The first kappa shape index (κ1) is 15.9. The molecule has 0 bridgehead atoms. The van der Waals surface area contributed by atoms with Gasteiger partial charge in [0.1, 0.15) is 0 Å². The SMILES string of the molecule is COC(=O)/C(=C\c1ccc2ccccc2c1)c1cc(=O)[nH]c(=S)[nH]1. The topological polar surface area (TPSA) is 75.0 Å². The lowest BCUT2D eigenvalue weighted by Crippen LogP contribution is -2.12. The van der Waals surface area contributed by atoms with E-state index in [0.29, 0.717) is 5.69 Å². The van der Waals surface area contributed by atoms with Gasteiger partial charge in [-0.2, -0.15) is 0 Å². The number of rotatable bonds is 3. The van der Waals surface area contributed by atoms with E-state index in [4.69, 9.17) is 17.0 Å². The molecule has 0 spiro atoms. The lowest BCUT2D eigenvalue weighted by Gasteiger charge is -2.06. The van der Waals surface area contributed by atoms with Crippen LogP contribution in [0.25, 0.3) is 22.4 Å². The van der Waals surface area contributed by atoms with Gasteiger partial charge in [-0.1, -0.05) is 36.4 Å². The Balaban J connectivity index is 2.16. The number of H-pyrrole nitrogens is 2. The Morgan fingerprint density at radius 2 is 1.83 bits per heavy atom. The summed E-state index contributed by atoms with van der Waals surface area (Å²) in [5.74, 6) is -0.556. The van der Waals surface area contributed by atoms with Crippen LogP contribution in [0, 0.1) is 4.77 Å². The number of hydrogen-bond acceptors (Lipinski definition) is 4. The van der Waals surface area contributed by atoms with E-state index in [1.165, 1.54) is 13.2 Å². The molecular weight excluding hydrogens is 324 g/mol. The predicted octanol–water partition coefficient (Wildman–Crippen LogP) is 3.30. The fraction of sp³-hybridized carbons (Fsp3) is 0.0556. The number of fused-ring (bicyclic) bond motifs is 1. The highest BCUT2D eigenvalue weighted by Gasteiger charge is 2.14. The molecule has 2 aromatic carbocycles. The van der Waals surface area contributed by atoms with Crippen LogP contribution >= 0.6 is 12.2 Å². The van der Waals surface area contributed by atoms with E-state index in [-0.39, 0.29) is 15.9 Å². The van der Waals surface area contributed by atoms with Gasteiger partial charge in [0.15, 0.2) is 4.77 Å². The first-order chi connectivity index (χ1) is 11.6. The van der Waals surface area contributed by atoms with E-state index in [2.05, 4.69) is 9.97 Å². The van der Waals surface area contributed by atoms with Crippen molar-refractivity contribution in [1.82, 2.24) is 9.97 Å². The number of hydrogen-bond donors (Lipinski definition) is 2. The average molecular weight is 338 g/mol. The molecule has 120 valence electrons. The van der Waals surface area contributed by atoms with Gasteiger partial charge in [0, 0.05) is 6.07 Å². The first-order valence-corrected chi connectivity index (χ1v) is 7.60. The highest BCUT2D eigenvalue weighted by Crippen LogP contribution is 2.21. The Morgan fingerprint density at radius 1 is 1.08 bits per heavy atom. The molecule has 0 unspecified atom stereocenters. The van der Waals surface area contributed by atoms with Crippen molar-refractivity contribution in [1.29, 1.82) is 0 Å². The van der Waals surface area contributed by atoms with Crippen molar-refractivity contribution in [2.45, 2.75) is 0 Å². The van der Waals surface area contributed by atoms with E-state index in [1.807, 2.05) is 42.5 Å². The summed E-state index contributed by atoms with van der Waals surface area (Å²) < 4.78 is 4.98. The van der Waals surface area contributed by atoms with Crippen LogP contribution in [0.3, 0.4) is 0 Å². The van der Waals surface area contributed by atoms with Crippen LogP contribution in [0.2, 0.25) is 0 Å². The molecule has 0 amide bonds. The molecule has 6 heteroatoms. The van der Waals surface area contributed by atoms with Gasteiger partial charge in [-0.3, -0.25) is 9.78 Å². The van der Waals surface area contributed by atoms with Crippen molar-refractivity contribution in [3.8, 4) is 0 Å². The van der Waals surface area contributed by atoms with Gasteiger partial charge < -0.3 is 9.72 Å². The Morgan fingerprint density at radius 3 is 2.54 bits per heavy atom. The smallest absolute Gasteiger partial charge is 0.339 e. The number of carbonyl (C=O) groups is 1. The van der Waals surface area contributed by atoms with Crippen molar-refractivity contribution in [3.05, 3.63) is 74.9 Å². The molecule has 1 aromatic heterocycles. The molecule has 0 saturated heterocycles. The largest absolute Gasteiger partial charge is 0.465 e. The molecule has 0 aliphatic rings. The van der Waals surface area contributed by atoms with E-state index in [0.717, 1.165) is 16.3 Å². The maximum absolute atomic E-state index is 12.1. The predicted molar refractivity (Wildman–Crippen MR) is 96.1 cm³/mol. The van der Waals surface area contributed by atoms with Crippen LogP contribution in [0.5, 0.6) is 0 Å². The molecule has 0 aliphatic carbocycles. The Labute approximate surface area is 142 Å². The molecule has 3 aromatic rings. The van der Waals surface area contributed by atoms with Crippen molar-refractivity contribution < 1.29 is 9.53 Å². The normalized spacial score (nSPS) is 11.5. The molecule has 0 saturated carbocycles. The molecule has 2 N–H and O–H groups in total. The Bertz CT molecular complexity index is 1040. The van der Waals surface area contributed by atoms with Gasteiger partial charge in [-0.15, -0.1) is 0 Å². The van der Waals surface area contributed by atoms with Gasteiger partial charge in [0.05, 0.1) is 18.4 Å². The fourth-order valence-electron chi connectivity index (χ4n) is 2.43. The number of benzene rings is 2. The minimum Gasteiger partial charge on any atom is -0.465 e. The second kappa shape index (κ2) is 6.64. The summed E-state index contributed by atoms with van der Waals surface area (Å²) in [4.78, 5) is 29.0. The number of aromatic nitrogens is 2. The molecule has 5 nitrogen and oxygen atoms in total. The Hall–Kier alpha value is -2.99. The summed E-state index contributed by atoms with van der Waals surface area (Å²) in [5, 5.41) is 2.15. The van der Waals surface area contributed by atoms with Crippen LogP contribution in [0.15, 0.2) is 53.3 Å². The van der Waals surface area contributed by atoms with Crippen molar-refractivity contribution in [2.75, 3.05) is 7.11 Å². The summed E-state index contributed by atoms with van der Waals surface area (Å²) in [6, 6.07) is 15.0. The first-order valence-electron chi connectivity index (χ1n) is 7.19. The van der Waals surface area contributed by atoms with Crippen LogP contribution < -0.4 is 5.56 Å². The third-order valence-electron chi connectivity index (χ3n) is 3.54. The van der Waals surface area contributed by atoms with E-state index >= 15 is 0 Å². The summed E-state index contributed by atoms with van der Waals surface area (Å²) in [7, 11) is 1.29. The number of aromatic amines is 2. The van der Waals surface area contributed by atoms with Crippen molar-refractivity contribution in [3.63, 3.8) is 0 Å². The second-order valence-electron chi connectivity index (χ2n) is 5.16. The number of methoxy groups -OCH3 is 1. The van der Waals surface area contributed by atoms with Crippen LogP contribution in [-0.4, -0.2) is 23.0 Å². The van der Waals surface area contributed by atoms with Crippen LogP contribution in [0.4, 0.5) is 0 Å². The fourth-order valence-corrected chi connectivity index (χ4v) is 2.65. The molecule has 1 heterocycles. The van der Waals surface area contributed by atoms with Crippen LogP contribution in [0.1, 0.15) is 11.3 Å². The molecule has 0 atom stereocenters. The zero-order valence-electron chi connectivity index (χ0n) is 12.8. The lowest BCUT2D eigenvalue weighted by atomic mass is 10.0. The molecular formula is C18H14N2O3S. The number of nitrogens with one attached hydrogen (secondary N) is 2. The minimum absolute atomic E-state index is 0.144. The second-order valence-corrected chi connectivity index (χ2v) is 5.57. The number of esters is 1. The number of carbonyl (C=O) groups excluding carboxylic acids is 1. The summed E-state index contributed by atoms with van der Waals surface area (Å²) >= 11 is 4.97. The highest BCUT2D eigenvalue weighted by atomic mass is 32.1. The maximum Gasteiger partial charge on any atom is 0.339 e. The quantitative estimate of drug-likeness (QED) is 0.436. The average Bonchev–Trinajstić information content (AvgIpc) is 2.58. The Kier molecular flexibility index (Phi) is 4.39. The van der Waals surface area contributed by atoms with Gasteiger partial charge in [-0.25, -0.2) is 4.79 Å². The third-order valence-corrected chi connectivity index (χ3v) is 3.74. The zero-order chi connectivity index (χ0) is 17.1. The molecule has 3 rings (SSSR count). The molecule has 0 radical (unpaired) electrons. The maximum atomic E-state index is 12.1. The molecule has 24 heavy (non-hydrogen) atoms. The zero-order valence-corrected chi connectivity index (χ0v) is 13.6. The van der Waals surface area contributed by atoms with Crippen molar-refractivity contribution in [2.24, 2.45) is 0 Å². The third kappa shape index (κ3) is 3.33. The van der Waals surface area contributed by atoms with Gasteiger partial charge in [0.25, 0.3) is 5.56 Å². The van der Waals surface area contributed by atoms with E-state index in [1.54, 1.807) is 6.08 Å². The standard InChI is InChI=1S/C18H14N2O3S/c1-23-17(22)14(15-10-16(21)20-18(24)19-15)9-11-6-7-12-4-2-3-5-13(12)8-11/h2-10H,1H3,(H2,19,20,21,24)/b14-9-. The van der Waals surface area contributed by atoms with Crippen LogP contribution in [-0.2, 0) is 9.53 Å². The van der Waals surface area contributed by atoms with E-state index in [9.17, 15) is 9.59 Å². The molecule has 0 fully saturated rings. The monoisotopic (exact) mass is 338 g/mol. The van der Waals surface area contributed by atoms with E-state index < -0.39 is 5.97 Å². The molecule has 0 aliphatic heterocycles. The van der Waals surface area contributed by atoms with Gasteiger partial charge in [0.2, 0.25) is 0 Å². The lowest BCUT2D eigenvalue weighted by molar-refractivity contribution is -0.133. The highest BCUT2D eigenvalue weighted by molar-refractivity contribution is 7.71. The summed E-state index contributed by atoms with van der Waals surface area (Å²) in [6.45, 7) is 0. The summed E-state index contributed by atoms with van der Waals surface area (Å²) in [6.07, 6.45) is 1.66. The van der Waals surface area contributed by atoms with Gasteiger partial charge >= 0.3 is 5.97 Å². The van der Waals surface area contributed by atoms with Crippen molar-refractivity contribution >= 4 is 40.6 Å². The van der Waals surface area contributed by atoms with Gasteiger partial charge in [-0.05, 0) is 40.7 Å². The number of ether oxygens (including phenoxy) is 1. The summed E-state index contributed by atoms with van der Waals surface area (Å²) in [5.41, 5.74) is 0.963. The minimum atomic E-state index is -0.556.